The molecular weight excluding hydrogens is 64.1 g/mol. The second-order valence-corrected chi connectivity index (χ2v) is 2.12. The minimum atomic E-state index is 0. The molecular formula is C3H12Si. The zero-order valence-electron chi connectivity index (χ0n) is 2.71. The largest absolute Gasteiger partial charge is 0.0776 e. The zero-order valence-corrected chi connectivity index (χ0v) is 4.71. The van der Waals surface area contributed by atoms with E-state index >= 15 is 0 Å². The van der Waals surface area contributed by atoms with Gasteiger partial charge >= 0.3 is 0 Å². The van der Waals surface area contributed by atoms with E-state index in [0.29, 0.717) is 0 Å². The normalized spacial score (nSPS) is 5.25. The van der Waals surface area contributed by atoms with Crippen molar-refractivity contribution in [3.63, 3.8) is 0 Å². The van der Waals surface area contributed by atoms with E-state index in [0.717, 1.165) is 0 Å². The van der Waals surface area contributed by atoms with Gasteiger partial charge in [-0.15, -0.1) is 0 Å². The van der Waals surface area contributed by atoms with Crippen LogP contribution in [-0.4, -0.2) is 10.2 Å². The molecule has 0 aliphatic rings. The Morgan fingerprint density at radius 1 is 1.75 bits per heavy atom. The summed E-state index contributed by atoms with van der Waals surface area (Å²) in [6, 6.07) is 1.39. The van der Waals surface area contributed by atoms with Gasteiger partial charge in [-0.3, -0.25) is 0 Å². The first-order valence-electron chi connectivity index (χ1n) is 1.41. The standard InChI is InChI=1S/C2H8Si.CH4/c1-2-3;/h2H2,1,3H3;1H4. The molecule has 0 heterocycles. The number of hydrogen-bond donors (Lipinski definition) is 0. The number of hydrogen-bond acceptors (Lipinski definition) is 0. The van der Waals surface area contributed by atoms with Crippen LogP contribution in [0.5, 0.6) is 0 Å². The summed E-state index contributed by atoms with van der Waals surface area (Å²) in [6.45, 7) is 2.19. The first-order chi connectivity index (χ1) is 1.41. The average molecular weight is 76.2 g/mol. The van der Waals surface area contributed by atoms with Crippen molar-refractivity contribution in [3.05, 3.63) is 0 Å². The summed E-state index contributed by atoms with van der Waals surface area (Å²) in [5, 5.41) is 0. The fraction of sp³-hybridized carbons (Fsp3) is 1.00. The Morgan fingerprint density at radius 2 is 1.75 bits per heavy atom. The predicted molar refractivity (Wildman–Crippen MR) is 27.2 cm³/mol. The first kappa shape index (κ1) is 8.88. The van der Waals surface area contributed by atoms with Crippen molar-refractivity contribution >= 4 is 10.2 Å². The van der Waals surface area contributed by atoms with Crippen molar-refractivity contribution in [2.24, 2.45) is 0 Å². The Labute approximate surface area is 31.6 Å². The van der Waals surface area contributed by atoms with Crippen LogP contribution in [0.4, 0.5) is 0 Å². The average Bonchev–Trinajstić information content (AvgIpc) is 0.918. The molecule has 0 aromatic rings. The highest BCUT2D eigenvalue weighted by Gasteiger charge is 1.36. The van der Waals surface area contributed by atoms with Crippen molar-refractivity contribution in [3.8, 4) is 0 Å². The van der Waals surface area contributed by atoms with Gasteiger partial charge in [0.25, 0.3) is 0 Å². The molecule has 0 N–H and O–H groups in total. The zero-order chi connectivity index (χ0) is 2.71. The molecule has 0 bridgehead atoms. The Bertz CT molecular complexity index is 3.25. The predicted octanol–water partition coefficient (Wildman–Crippen LogP) is 0.426. The van der Waals surface area contributed by atoms with Crippen LogP contribution in [0.15, 0.2) is 0 Å². The quantitative estimate of drug-likeness (QED) is 0.367. The monoisotopic (exact) mass is 76.1 g/mol. The van der Waals surface area contributed by atoms with E-state index in [4.69, 9.17) is 0 Å². The SMILES string of the molecule is C.CC[SiH3]. The third-order valence-electron chi connectivity index (χ3n) is 0. The topological polar surface area (TPSA) is 0 Å². The highest BCUT2D eigenvalue weighted by molar-refractivity contribution is 6.08. The number of rotatable bonds is 0. The molecule has 0 amide bonds. The van der Waals surface area contributed by atoms with Gasteiger partial charge in [-0.25, -0.2) is 0 Å². The molecule has 1 heteroatoms. The molecule has 4 heavy (non-hydrogen) atoms. The lowest BCUT2D eigenvalue weighted by Crippen LogP contribution is -1.41. The van der Waals surface area contributed by atoms with E-state index < -0.39 is 0 Å². The molecule has 0 atom stereocenters. The summed E-state index contributed by atoms with van der Waals surface area (Å²) in [5.41, 5.74) is 0. The van der Waals surface area contributed by atoms with Gasteiger partial charge in [-0.1, -0.05) is 20.4 Å². The first-order valence-corrected chi connectivity index (χ1v) is 2.83. The third kappa shape index (κ3) is 69.8. The van der Waals surface area contributed by atoms with E-state index in [1.54, 1.807) is 0 Å². The van der Waals surface area contributed by atoms with Gasteiger partial charge in [0, 0.05) is 10.2 Å². The second-order valence-electron chi connectivity index (χ2n) is 0.707. The summed E-state index contributed by atoms with van der Waals surface area (Å²) < 4.78 is 0. The van der Waals surface area contributed by atoms with E-state index in [2.05, 4.69) is 6.92 Å². The van der Waals surface area contributed by atoms with Gasteiger partial charge in [-0.2, -0.15) is 0 Å². The summed E-state index contributed by atoms with van der Waals surface area (Å²) >= 11 is 0. The molecule has 0 nitrogen and oxygen atoms in total. The molecule has 0 saturated heterocycles. The maximum Gasteiger partial charge on any atom is 0.00244 e. The maximum absolute atomic E-state index is 2.19. The lowest BCUT2D eigenvalue weighted by atomic mass is 11.0. The van der Waals surface area contributed by atoms with Crippen molar-refractivity contribution in [2.45, 2.75) is 20.4 Å². The van der Waals surface area contributed by atoms with Crippen LogP contribution < -0.4 is 0 Å². The fourth-order valence-corrected chi connectivity index (χ4v) is 0. The van der Waals surface area contributed by atoms with Crippen molar-refractivity contribution < 1.29 is 0 Å². The molecule has 0 unspecified atom stereocenters. The van der Waals surface area contributed by atoms with E-state index in [-0.39, 0.29) is 7.43 Å². The molecule has 0 aromatic heterocycles. The summed E-state index contributed by atoms with van der Waals surface area (Å²) in [4.78, 5) is 0. The smallest absolute Gasteiger partial charge is 0.00244 e. The van der Waals surface area contributed by atoms with Crippen LogP contribution in [0.2, 0.25) is 6.04 Å². The molecule has 0 aliphatic heterocycles. The summed E-state index contributed by atoms with van der Waals surface area (Å²) in [5.74, 6) is 0. The maximum atomic E-state index is 2.19. The van der Waals surface area contributed by atoms with Gasteiger partial charge in [0.15, 0.2) is 0 Å². The Kier molecular flexibility index (Phi) is 23.7. The molecule has 0 saturated carbocycles. The molecule has 0 fully saturated rings. The summed E-state index contributed by atoms with van der Waals surface area (Å²) in [6.07, 6.45) is 0. The minimum absolute atomic E-state index is 0. The molecule has 0 aromatic carbocycles. The third-order valence-corrected chi connectivity index (χ3v) is 0. The minimum Gasteiger partial charge on any atom is -0.0776 e. The van der Waals surface area contributed by atoms with Gasteiger partial charge in [0.2, 0.25) is 0 Å². The molecule has 0 rings (SSSR count). The lowest BCUT2D eigenvalue weighted by molar-refractivity contribution is 1.48. The van der Waals surface area contributed by atoms with Gasteiger partial charge in [0.1, 0.15) is 0 Å². The molecule has 0 radical (unpaired) electrons. The molecule has 0 spiro atoms. The van der Waals surface area contributed by atoms with Crippen LogP contribution in [-0.2, 0) is 0 Å². The van der Waals surface area contributed by atoms with Gasteiger partial charge in [-0.05, 0) is 0 Å². The van der Waals surface area contributed by atoms with Crippen LogP contribution in [0.1, 0.15) is 14.4 Å². The van der Waals surface area contributed by atoms with Crippen molar-refractivity contribution in [2.75, 3.05) is 0 Å². The fourth-order valence-electron chi connectivity index (χ4n) is 0. The Morgan fingerprint density at radius 3 is 1.75 bits per heavy atom. The van der Waals surface area contributed by atoms with Gasteiger partial charge < -0.3 is 0 Å². The van der Waals surface area contributed by atoms with Crippen LogP contribution in [0, 0.1) is 0 Å². The highest BCUT2D eigenvalue weighted by Crippen LogP contribution is 1.49. The Hall–Kier alpha value is 0.217. The van der Waals surface area contributed by atoms with Crippen LogP contribution >= 0.6 is 0 Å². The Balaban J connectivity index is 0. The lowest BCUT2D eigenvalue weighted by Gasteiger charge is -1.47. The molecule has 0 aliphatic carbocycles. The van der Waals surface area contributed by atoms with E-state index in [1.165, 1.54) is 16.3 Å². The van der Waals surface area contributed by atoms with Crippen molar-refractivity contribution in [1.82, 2.24) is 0 Å². The second kappa shape index (κ2) is 10.7. The van der Waals surface area contributed by atoms with Crippen LogP contribution in [0.3, 0.4) is 0 Å². The van der Waals surface area contributed by atoms with Gasteiger partial charge in [0.05, 0.1) is 0 Å². The summed E-state index contributed by atoms with van der Waals surface area (Å²) in [7, 11) is 1.37. The van der Waals surface area contributed by atoms with Crippen LogP contribution in [0.25, 0.3) is 0 Å². The van der Waals surface area contributed by atoms with E-state index in [1.807, 2.05) is 0 Å². The van der Waals surface area contributed by atoms with E-state index in [9.17, 15) is 0 Å². The highest BCUT2D eigenvalue weighted by atomic mass is 28.1. The molecule has 28 valence electrons. The van der Waals surface area contributed by atoms with Crippen molar-refractivity contribution in [1.29, 1.82) is 0 Å².